The van der Waals surface area contributed by atoms with Gasteiger partial charge in [-0.2, -0.15) is 0 Å². The summed E-state index contributed by atoms with van der Waals surface area (Å²) < 4.78 is 6.33. The largest absolute Gasteiger partial charge is 0.365 e. The molecule has 2 nitrogen and oxygen atoms in total. The standard InChI is InChI=1S/C18H19Cl2NO/c1-21-12-15-10-11-22-18(15,13-2-6-16(19)7-3-13)14-4-8-17(20)9-5-14/h2-9,15,21H,10-12H2,1H3. The molecule has 0 bridgehead atoms. The third-order valence-electron chi connectivity index (χ3n) is 4.37. The summed E-state index contributed by atoms with van der Waals surface area (Å²) in [6.07, 6.45) is 1.02. The van der Waals surface area contributed by atoms with Crippen molar-refractivity contribution in [2.24, 2.45) is 5.92 Å². The van der Waals surface area contributed by atoms with Crippen LogP contribution in [-0.4, -0.2) is 20.2 Å². The Morgan fingerprint density at radius 3 is 1.95 bits per heavy atom. The van der Waals surface area contributed by atoms with Gasteiger partial charge in [0.25, 0.3) is 0 Å². The van der Waals surface area contributed by atoms with Crippen molar-refractivity contribution in [3.63, 3.8) is 0 Å². The molecule has 1 N–H and O–H groups in total. The molecule has 22 heavy (non-hydrogen) atoms. The zero-order valence-electron chi connectivity index (χ0n) is 12.5. The van der Waals surface area contributed by atoms with Crippen LogP contribution < -0.4 is 5.32 Å². The van der Waals surface area contributed by atoms with Gasteiger partial charge in [-0.1, -0.05) is 47.5 Å². The fourth-order valence-electron chi connectivity index (χ4n) is 3.38. The predicted octanol–water partition coefficient (Wildman–Crippen LogP) is 4.49. The molecule has 2 aromatic carbocycles. The summed E-state index contributed by atoms with van der Waals surface area (Å²) >= 11 is 12.1. The van der Waals surface area contributed by atoms with E-state index in [1.165, 1.54) is 0 Å². The summed E-state index contributed by atoms with van der Waals surface area (Å²) in [5.41, 5.74) is 1.83. The van der Waals surface area contributed by atoms with E-state index in [-0.39, 0.29) is 0 Å². The second-order valence-corrected chi connectivity index (χ2v) is 6.51. The third kappa shape index (κ3) is 2.77. The van der Waals surface area contributed by atoms with Crippen LogP contribution in [0.15, 0.2) is 48.5 Å². The van der Waals surface area contributed by atoms with Crippen molar-refractivity contribution in [1.82, 2.24) is 5.32 Å². The number of hydrogen-bond acceptors (Lipinski definition) is 2. The van der Waals surface area contributed by atoms with Crippen molar-refractivity contribution in [1.29, 1.82) is 0 Å². The lowest BCUT2D eigenvalue weighted by Crippen LogP contribution is -2.38. The molecule has 0 saturated carbocycles. The van der Waals surface area contributed by atoms with E-state index in [1.807, 2.05) is 31.3 Å². The van der Waals surface area contributed by atoms with Crippen LogP contribution in [0.25, 0.3) is 0 Å². The minimum atomic E-state index is -0.446. The monoisotopic (exact) mass is 335 g/mol. The highest BCUT2D eigenvalue weighted by Crippen LogP contribution is 2.46. The Morgan fingerprint density at radius 2 is 1.50 bits per heavy atom. The van der Waals surface area contributed by atoms with Gasteiger partial charge in [-0.05, 0) is 48.9 Å². The predicted molar refractivity (Wildman–Crippen MR) is 91.7 cm³/mol. The van der Waals surface area contributed by atoms with Crippen molar-refractivity contribution in [2.75, 3.05) is 20.2 Å². The summed E-state index contributed by atoms with van der Waals surface area (Å²) in [5, 5.41) is 4.76. The van der Waals surface area contributed by atoms with Gasteiger partial charge in [0.15, 0.2) is 0 Å². The lowest BCUT2D eigenvalue weighted by atomic mass is 9.76. The van der Waals surface area contributed by atoms with Crippen LogP contribution in [-0.2, 0) is 10.3 Å². The topological polar surface area (TPSA) is 21.3 Å². The van der Waals surface area contributed by atoms with Crippen LogP contribution >= 0.6 is 23.2 Å². The lowest BCUT2D eigenvalue weighted by Gasteiger charge is -2.36. The van der Waals surface area contributed by atoms with E-state index in [4.69, 9.17) is 27.9 Å². The highest BCUT2D eigenvalue weighted by atomic mass is 35.5. The molecule has 3 rings (SSSR count). The van der Waals surface area contributed by atoms with E-state index in [1.54, 1.807) is 0 Å². The lowest BCUT2D eigenvalue weighted by molar-refractivity contribution is 0.0106. The number of hydrogen-bond donors (Lipinski definition) is 1. The van der Waals surface area contributed by atoms with Gasteiger partial charge in [0.1, 0.15) is 5.60 Å². The van der Waals surface area contributed by atoms with Crippen molar-refractivity contribution in [3.05, 3.63) is 69.7 Å². The van der Waals surface area contributed by atoms with Crippen LogP contribution in [0.3, 0.4) is 0 Å². The van der Waals surface area contributed by atoms with Crippen LogP contribution in [0.2, 0.25) is 10.0 Å². The van der Waals surface area contributed by atoms with Crippen molar-refractivity contribution < 1.29 is 4.74 Å². The first-order valence-corrected chi connectivity index (χ1v) is 8.23. The number of nitrogens with one attached hydrogen (secondary N) is 1. The Kier molecular flexibility index (Phi) is 4.74. The number of halogens is 2. The molecule has 1 heterocycles. The normalized spacial score (nSPS) is 20.2. The van der Waals surface area contributed by atoms with Gasteiger partial charge in [0.05, 0.1) is 0 Å². The Labute approximate surface area is 141 Å². The number of benzene rings is 2. The maximum absolute atomic E-state index is 6.33. The van der Waals surface area contributed by atoms with Gasteiger partial charge in [-0.15, -0.1) is 0 Å². The summed E-state index contributed by atoms with van der Waals surface area (Å²) in [6, 6.07) is 15.9. The molecule has 0 radical (unpaired) electrons. The van der Waals surface area contributed by atoms with Gasteiger partial charge >= 0.3 is 0 Å². The average molecular weight is 336 g/mol. The van der Waals surface area contributed by atoms with Crippen LogP contribution in [0.5, 0.6) is 0 Å². The summed E-state index contributed by atoms with van der Waals surface area (Å²) in [7, 11) is 1.98. The zero-order chi connectivity index (χ0) is 15.6. The van der Waals surface area contributed by atoms with Crippen molar-refractivity contribution in [2.45, 2.75) is 12.0 Å². The van der Waals surface area contributed by atoms with Gasteiger partial charge in [-0.25, -0.2) is 0 Å². The van der Waals surface area contributed by atoms with E-state index < -0.39 is 5.60 Å². The Morgan fingerprint density at radius 1 is 1.00 bits per heavy atom. The minimum absolute atomic E-state index is 0.361. The second kappa shape index (κ2) is 6.59. The molecule has 116 valence electrons. The zero-order valence-corrected chi connectivity index (χ0v) is 14.0. The molecule has 1 fully saturated rings. The maximum Gasteiger partial charge on any atom is 0.122 e. The molecular weight excluding hydrogens is 317 g/mol. The first kappa shape index (κ1) is 15.8. The molecule has 1 atom stereocenters. The van der Waals surface area contributed by atoms with Gasteiger partial charge in [0, 0.05) is 29.1 Å². The Hall–Kier alpha value is -1.06. The Balaban J connectivity index is 2.13. The Bertz CT molecular complexity index is 579. The molecule has 1 aliphatic rings. The van der Waals surface area contributed by atoms with Crippen LogP contribution in [0, 0.1) is 5.92 Å². The highest BCUT2D eigenvalue weighted by Gasteiger charge is 2.46. The van der Waals surface area contributed by atoms with Crippen molar-refractivity contribution in [3.8, 4) is 0 Å². The first-order chi connectivity index (χ1) is 10.7. The van der Waals surface area contributed by atoms with E-state index in [0.717, 1.165) is 40.7 Å². The third-order valence-corrected chi connectivity index (χ3v) is 4.87. The van der Waals surface area contributed by atoms with E-state index >= 15 is 0 Å². The quantitative estimate of drug-likeness (QED) is 0.888. The highest BCUT2D eigenvalue weighted by molar-refractivity contribution is 6.30. The molecule has 1 aliphatic heterocycles. The fourth-order valence-corrected chi connectivity index (χ4v) is 3.63. The summed E-state index contributed by atoms with van der Waals surface area (Å²) in [5.74, 6) is 0.361. The maximum atomic E-state index is 6.33. The minimum Gasteiger partial charge on any atom is -0.365 e. The summed E-state index contributed by atoms with van der Waals surface area (Å²) in [6.45, 7) is 1.64. The van der Waals surface area contributed by atoms with E-state index in [0.29, 0.717) is 5.92 Å². The summed E-state index contributed by atoms with van der Waals surface area (Å²) in [4.78, 5) is 0. The number of ether oxygens (including phenoxy) is 1. The van der Waals surface area contributed by atoms with E-state index in [9.17, 15) is 0 Å². The SMILES string of the molecule is CNCC1CCOC1(c1ccc(Cl)cc1)c1ccc(Cl)cc1. The van der Waals surface area contributed by atoms with Crippen LogP contribution in [0.4, 0.5) is 0 Å². The first-order valence-electron chi connectivity index (χ1n) is 7.47. The molecular formula is C18H19Cl2NO. The molecule has 4 heteroatoms. The average Bonchev–Trinajstić information content (AvgIpc) is 2.94. The molecule has 0 aliphatic carbocycles. The van der Waals surface area contributed by atoms with Crippen LogP contribution in [0.1, 0.15) is 17.5 Å². The van der Waals surface area contributed by atoms with Gasteiger partial charge in [0.2, 0.25) is 0 Å². The van der Waals surface area contributed by atoms with E-state index in [2.05, 4.69) is 29.6 Å². The molecule has 0 aromatic heterocycles. The fraction of sp³-hybridized carbons (Fsp3) is 0.333. The number of rotatable bonds is 4. The molecule has 2 aromatic rings. The molecule has 0 spiro atoms. The van der Waals surface area contributed by atoms with Crippen molar-refractivity contribution >= 4 is 23.2 Å². The molecule has 1 saturated heterocycles. The second-order valence-electron chi connectivity index (χ2n) is 5.64. The van der Waals surface area contributed by atoms with Gasteiger partial charge < -0.3 is 10.1 Å². The molecule has 0 amide bonds. The smallest absolute Gasteiger partial charge is 0.122 e. The van der Waals surface area contributed by atoms with Gasteiger partial charge in [-0.3, -0.25) is 0 Å². The molecule has 1 unspecified atom stereocenters.